The smallest absolute Gasteiger partial charge is 0.254 e. The average Bonchev–Trinajstić information content (AvgIpc) is 2.02. The molecule has 0 bridgehead atoms. The van der Waals surface area contributed by atoms with Crippen molar-refractivity contribution in [2.24, 2.45) is 0 Å². The van der Waals surface area contributed by atoms with E-state index in [-0.39, 0.29) is 11.1 Å². The zero-order chi connectivity index (χ0) is 10.1. The fourth-order valence-electron chi connectivity index (χ4n) is 1.34. The second-order valence-electron chi connectivity index (χ2n) is 4.23. The van der Waals surface area contributed by atoms with Gasteiger partial charge in [0.25, 0.3) is 5.56 Å². The van der Waals surface area contributed by atoms with E-state index in [0.717, 1.165) is 12.0 Å². The highest BCUT2D eigenvalue weighted by molar-refractivity contribution is 5.11. The number of nitrogens with zero attached hydrogens (tertiary/aromatic N) is 1. The molecule has 0 unspecified atom stereocenters. The van der Waals surface area contributed by atoms with Gasteiger partial charge in [-0.05, 0) is 33.3 Å². The molecule has 0 fully saturated rings. The van der Waals surface area contributed by atoms with Gasteiger partial charge in [-0.3, -0.25) is 4.79 Å². The Kier molecular flexibility index (Phi) is 2.60. The lowest BCUT2D eigenvalue weighted by molar-refractivity contribution is 0.382. The van der Waals surface area contributed by atoms with Crippen molar-refractivity contribution in [3.05, 3.63) is 34.2 Å². The molecule has 0 aromatic carbocycles. The summed E-state index contributed by atoms with van der Waals surface area (Å²) in [5.41, 5.74) is 0.900. The van der Waals surface area contributed by atoms with E-state index < -0.39 is 0 Å². The molecule has 0 N–H and O–H groups in total. The van der Waals surface area contributed by atoms with E-state index in [1.54, 1.807) is 4.57 Å². The van der Waals surface area contributed by atoms with Crippen LogP contribution in [0, 0.1) is 0 Å². The molecule has 1 rings (SSSR count). The minimum atomic E-state index is -0.123. The number of hydrogen-bond donors (Lipinski definition) is 0. The van der Waals surface area contributed by atoms with Crippen LogP contribution in [0.1, 0.15) is 33.3 Å². The molecule has 0 aliphatic carbocycles. The normalized spacial score (nSPS) is 11.7. The summed E-state index contributed by atoms with van der Waals surface area (Å²) in [4.78, 5) is 11.8. The van der Waals surface area contributed by atoms with Crippen LogP contribution in [0.25, 0.3) is 0 Å². The fourth-order valence-corrected chi connectivity index (χ4v) is 1.34. The second kappa shape index (κ2) is 3.36. The first kappa shape index (κ1) is 10.0. The molecule has 0 saturated heterocycles. The summed E-state index contributed by atoms with van der Waals surface area (Å²) in [7, 11) is 0. The quantitative estimate of drug-likeness (QED) is 0.647. The fraction of sp³-hybridized carbons (Fsp3) is 0.545. The molecular formula is C11H17NO. The second-order valence-corrected chi connectivity index (χ2v) is 4.23. The zero-order valence-electron chi connectivity index (χ0n) is 8.79. The van der Waals surface area contributed by atoms with Crippen LogP contribution in [0.15, 0.2) is 23.1 Å². The Morgan fingerprint density at radius 3 is 2.46 bits per heavy atom. The SMILES string of the molecule is CCc1cccn(C(C)(C)C)c1=O. The number of aromatic nitrogens is 1. The van der Waals surface area contributed by atoms with Gasteiger partial charge in [0.05, 0.1) is 0 Å². The molecule has 2 heteroatoms. The number of pyridine rings is 1. The monoisotopic (exact) mass is 179 g/mol. The summed E-state index contributed by atoms with van der Waals surface area (Å²) in [6, 6.07) is 3.83. The van der Waals surface area contributed by atoms with Crippen molar-refractivity contribution in [3.63, 3.8) is 0 Å². The first-order chi connectivity index (χ1) is 5.96. The van der Waals surface area contributed by atoms with Gasteiger partial charge in [0, 0.05) is 17.3 Å². The van der Waals surface area contributed by atoms with Crippen LogP contribution in [0.2, 0.25) is 0 Å². The van der Waals surface area contributed by atoms with E-state index in [1.807, 2.05) is 46.0 Å². The van der Waals surface area contributed by atoms with Gasteiger partial charge in [-0.2, -0.15) is 0 Å². The van der Waals surface area contributed by atoms with E-state index in [1.165, 1.54) is 0 Å². The minimum Gasteiger partial charge on any atom is -0.310 e. The highest BCUT2D eigenvalue weighted by atomic mass is 16.1. The van der Waals surface area contributed by atoms with Gasteiger partial charge in [-0.1, -0.05) is 13.0 Å². The Balaban J connectivity index is 3.33. The van der Waals surface area contributed by atoms with Gasteiger partial charge in [0.15, 0.2) is 0 Å². The molecule has 72 valence electrons. The average molecular weight is 179 g/mol. The third-order valence-corrected chi connectivity index (χ3v) is 2.13. The van der Waals surface area contributed by atoms with Crippen LogP contribution in [-0.2, 0) is 12.0 Å². The standard InChI is InChI=1S/C11H17NO/c1-5-9-7-6-8-12(10(9)13)11(2,3)4/h6-8H,5H2,1-4H3. The van der Waals surface area contributed by atoms with Crippen LogP contribution >= 0.6 is 0 Å². The predicted molar refractivity (Wildman–Crippen MR) is 55.1 cm³/mol. The summed E-state index contributed by atoms with van der Waals surface area (Å²) >= 11 is 0. The van der Waals surface area contributed by atoms with Crippen LogP contribution in [0.4, 0.5) is 0 Å². The number of rotatable bonds is 1. The van der Waals surface area contributed by atoms with Crippen molar-refractivity contribution in [2.45, 2.75) is 39.7 Å². The summed E-state index contributed by atoms with van der Waals surface area (Å²) in [6.45, 7) is 8.11. The van der Waals surface area contributed by atoms with Crippen LogP contribution in [0.5, 0.6) is 0 Å². The van der Waals surface area contributed by atoms with Crippen molar-refractivity contribution in [1.82, 2.24) is 4.57 Å². The molecule has 0 amide bonds. The molecule has 1 heterocycles. The highest BCUT2D eigenvalue weighted by Gasteiger charge is 2.14. The molecule has 0 radical (unpaired) electrons. The van der Waals surface area contributed by atoms with Crippen molar-refractivity contribution >= 4 is 0 Å². The molecule has 13 heavy (non-hydrogen) atoms. The van der Waals surface area contributed by atoms with E-state index in [9.17, 15) is 4.79 Å². The largest absolute Gasteiger partial charge is 0.310 e. The Morgan fingerprint density at radius 2 is 2.00 bits per heavy atom. The Bertz CT molecular complexity index is 344. The molecular weight excluding hydrogens is 162 g/mol. The molecule has 1 aromatic rings. The van der Waals surface area contributed by atoms with Gasteiger partial charge < -0.3 is 4.57 Å². The highest BCUT2D eigenvalue weighted by Crippen LogP contribution is 2.10. The molecule has 1 aromatic heterocycles. The molecule has 0 spiro atoms. The number of aryl methyl sites for hydroxylation is 1. The summed E-state index contributed by atoms with van der Waals surface area (Å²) in [6.07, 6.45) is 2.65. The van der Waals surface area contributed by atoms with E-state index in [2.05, 4.69) is 0 Å². The maximum absolute atomic E-state index is 11.8. The van der Waals surface area contributed by atoms with E-state index in [0.29, 0.717) is 0 Å². The predicted octanol–water partition coefficient (Wildman–Crippen LogP) is 2.17. The van der Waals surface area contributed by atoms with Gasteiger partial charge in [0.2, 0.25) is 0 Å². The Morgan fingerprint density at radius 1 is 1.38 bits per heavy atom. The lowest BCUT2D eigenvalue weighted by Gasteiger charge is -2.22. The third-order valence-electron chi connectivity index (χ3n) is 2.13. The Hall–Kier alpha value is -1.05. The third kappa shape index (κ3) is 2.00. The van der Waals surface area contributed by atoms with Crippen LogP contribution in [0.3, 0.4) is 0 Å². The lowest BCUT2D eigenvalue weighted by Crippen LogP contribution is -2.34. The van der Waals surface area contributed by atoms with Crippen LogP contribution in [-0.4, -0.2) is 4.57 Å². The van der Waals surface area contributed by atoms with Crippen molar-refractivity contribution in [2.75, 3.05) is 0 Å². The van der Waals surface area contributed by atoms with Crippen molar-refractivity contribution in [3.8, 4) is 0 Å². The topological polar surface area (TPSA) is 22.0 Å². The first-order valence-electron chi connectivity index (χ1n) is 4.68. The summed E-state index contributed by atoms with van der Waals surface area (Å²) in [5, 5.41) is 0. The molecule has 0 aliphatic rings. The zero-order valence-corrected chi connectivity index (χ0v) is 8.79. The summed E-state index contributed by atoms with van der Waals surface area (Å²) in [5.74, 6) is 0. The van der Waals surface area contributed by atoms with E-state index >= 15 is 0 Å². The lowest BCUT2D eigenvalue weighted by atomic mass is 10.1. The summed E-state index contributed by atoms with van der Waals surface area (Å²) < 4.78 is 1.78. The number of hydrogen-bond acceptors (Lipinski definition) is 1. The maximum atomic E-state index is 11.8. The van der Waals surface area contributed by atoms with Gasteiger partial charge in [-0.25, -0.2) is 0 Å². The molecule has 2 nitrogen and oxygen atoms in total. The van der Waals surface area contributed by atoms with Crippen molar-refractivity contribution < 1.29 is 0 Å². The molecule has 0 saturated carbocycles. The maximum Gasteiger partial charge on any atom is 0.254 e. The van der Waals surface area contributed by atoms with Gasteiger partial charge in [-0.15, -0.1) is 0 Å². The molecule has 0 aliphatic heterocycles. The van der Waals surface area contributed by atoms with Gasteiger partial charge in [0.1, 0.15) is 0 Å². The van der Waals surface area contributed by atoms with Crippen LogP contribution < -0.4 is 5.56 Å². The molecule has 0 atom stereocenters. The Labute approximate surface area is 79.2 Å². The van der Waals surface area contributed by atoms with E-state index in [4.69, 9.17) is 0 Å². The van der Waals surface area contributed by atoms with Gasteiger partial charge >= 0.3 is 0 Å². The van der Waals surface area contributed by atoms with Crippen molar-refractivity contribution in [1.29, 1.82) is 0 Å². The first-order valence-corrected chi connectivity index (χ1v) is 4.68. The minimum absolute atomic E-state index is 0.123.